The number of aromatic nitrogens is 2. The Bertz CT molecular complexity index is 576. The number of nitrogens with zero attached hydrogens (tertiary/aromatic N) is 2. The van der Waals surface area contributed by atoms with Crippen LogP contribution < -0.4 is 0 Å². The van der Waals surface area contributed by atoms with Crippen LogP contribution in [0, 0.1) is 6.92 Å². The second-order valence-corrected chi connectivity index (χ2v) is 5.26. The minimum Gasteiger partial charge on any atom is -0.465 e. The lowest BCUT2D eigenvalue weighted by Crippen LogP contribution is -2.16. The fourth-order valence-corrected chi connectivity index (χ4v) is 2.78. The summed E-state index contributed by atoms with van der Waals surface area (Å²) in [6, 6.07) is 0. The average molecular weight is 294 g/mol. The molecule has 0 amide bonds. The maximum absolute atomic E-state index is 11.9. The van der Waals surface area contributed by atoms with Crippen molar-refractivity contribution in [3.63, 3.8) is 0 Å². The molecule has 6 heteroatoms. The maximum atomic E-state index is 11.9. The van der Waals surface area contributed by atoms with E-state index in [4.69, 9.17) is 9.26 Å². The van der Waals surface area contributed by atoms with Crippen LogP contribution in [0.15, 0.2) is 15.3 Å². The highest BCUT2D eigenvalue weighted by Gasteiger charge is 2.27. The standard InChI is InChI=1S/C14H18N2O3S/c1-4-6-10(14(17)18-5-2)13-15-12(16-19-13)11-8-20-7-9(11)3/h7-8,10H,4-6H2,1-3H3. The Morgan fingerprint density at radius 3 is 2.85 bits per heavy atom. The van der Waals surface area contributed by atoms with E-state index in [2.05, 4.69) is 10.1 Å². The first-order valence-corrected chi connectivity index (χ1v) is 7.65. The van der Waals surface area contributed by atoms with Gasteiger partial charge in [0.25, 0.3) is 0 Å². The molecule has 2 rings (SSSR count). The summed E-state index contributed by atoms with van der Waals surface area (Å²) in [6.07, 6.45) is 1.49. The molecule has 1 atom stereocenters. The van der Waals surface area contributed by atoms with Gasteiger partial charge in [-0.1, -0.05) is 18.5 Å². The number of ether oxygens (including phenoxy) is 1. The largest absolute Gasteiger partial charge is 0.465 e. The number of rotatable bonds is 6. The van der Waals surface area contributed by atoms with Crippen LogP contribution in [0.25, 0.3) is 11.4 Å². The first-order valence-electron chi connectivity index (χ1n) is 6.70. The minimum atomic E-state index is -0.472. The minimum absolute atomic E-state index is 0.299. The van der Waals surface area contributed by atoms with E-state index in [0.717, 1.165) is 17.5 Å². The summed E-state index contributed by atoms with van der Waals surface area (Å²) in [6.45, 7) is 6.14. The molecule has 0 aliphatic carbocycles. The molecule has 0 aromatic carbocycles. The Kier molecular flexibility index (Phi) is 4.89. The molecule has 0 saturated heterocycles. The van der Waals surface area contributed by atoms with Gasteiger partial charge in [0.2, 0.25) is 11.7 Å². The summed E-state index contributed by atoms with van der Waals surface area (Å²) in [4.78, 5) is 16.3. The Balaban J connectivity index is 2.25. The average Bonchev–Trinajstić information content (AvgIpc) is 3.04. The van der Waals surface area contributed by atoms with Gasteiger partial charge in [-0.15, -0.1) is 0 Å². The van der Waals surface area contributed by atoms with Gasteiger partial charge in [-0.25, -0.2) is 0 Å². The summed E-state index contributed by atoms with van der Waals surface area (Å²) < 4.78 is 10.3. The topological polar surface area (TPSA) is 65.2 Å². The van der Waals surface area contributed by atoms with Gasteiger partial charge in [-0.05, 0) is 31.2 Å². The van der Waals surface area contributed by atoms with Crippen LogP contribution >= 0.6 is 11.3 Å². The number of esters is 1. The molecule has 2 aromatic rings. The SMILES string of the molecule is CCCC(C(=O)OCC)c1nc(-c2cscc2C)no1. The molecule has 0 spiro atoms. The van der Waals surface area contributed by atoms with Crippen molar-refractivity contribution >= 4 is 17.3 Å². The number of aryl methyl sites for hydroxylation is 1. The Hall–Kier alpha value is -1.69. The molecule has 2 aromatic heterocycles. The van der Waals surface area contributed by atoms with Crippen LogP contribution in [0.3, 0.4) is 0 Å². The van der Waals surface area contributed by atoms with Gasteiger partial charge in [0.05, 0.1) is 6.61 Å². The number of carbonyl (C=O) groups excluding carboxylic acids is 1. The van der Waals surface area contributed by atoms with Crippen molar-refractivity contribution in [2.45, 2.75) is 39.5 Å². The van der Waals surface area contributed by atoms with Crippen LogP contribution in [0.5, 0.6) is 0 Å². The summed E-state index contributed by atoms with van der Waals surface area (Å²) in [5.41, 5.74) is 2.05. The monoisotopic (exact) mass is 294 g/mol. The third-order valence-corrected chi connectivity index (χ3v) is 3.85. The van der Waals surface area contributed by atoms with Gasteiger partial charge in [0.1, 0.15) is 5.92 Å². The Morgan fingerprint density at radius 1 is 1.45 bits per heavy atom. The normalized spacial score (nSPS) is 12.3. The third-order valence-electron chi connectivity index (χ3n) is 2.98. The van der Waals surface area contributed by atoms with Crippen LogP contribution in [-0.4, -0.2) is 22.7 Å². The highest BCUT2D eigenvalue weighted by atomic mass is 32.1. The van der Waals surface area contributed by atoms with E-state index in [1.54, 1.807) is 18.3 Å². The smallest absolute Gasteiger partial charge is 0.318 e. The first kappa shape index (κ1) is 14.7. The van der Waals surface area contributed by atoms with Crippen molar-refractivity contribution in [3.8, 4) is 11.4 Å². The van der Waals surface area contributed by atoms with E-state index in [-0.39, 0.29) is 5.97 Å². The van der Waals surface area contributed by atoms with Gasteiger partial charge in [0, 0.05) is 10.9 Å². The lowest BCUT2D eigenvalue weighted by molar-refractivity contribution is -0.145. The Labute approximate surface area is 122 Å². The van der Waals surface area contributed by atoms with Crippen molar-refractivity contribution in [2.75, 3.05) is 6.61 Å². The molecule has 5 nitrogen and oxygen atoms in total. The third kappa shape index (κ3) is 3.07. The van der Waals surface area contributed by atoms with Gasteiger partial charge in [-0.3, -0.25) is 4.79 Å². The number of thiophene rings is 1. The molecule has 0 N–H and O–H groups in total. The maximum Gasteiger partial charge on any atom is 0.318 e. The second kappa shape index (κ2) is 6.65. The number of hydrogen-bond acceptors (Lipinski definition) is 6. The lowest BCUT2D eigenvalue weighted by Gasteiger charge is -2.09. The fraction of sp³-hybridized carbons (Fsp3) is 0.500. The van der Waals surface area contributed by atoms with E-state index in [1.165, 1.54) is 0 Å². The van der Waals surface area contributed by atoms with E-state index < -0.39 is 5.92 Å². The number of hydrogen-bond donors (Lipinski definition) is 0. The second-order valence-electron chi connectivity index (χ2n) is 4.52. The summed E-state index contributed by atoms with van der Waals surface area (Å²) in [7, 11) is 0. The van der Waals surface area contributed by atoms with Crippen molar-refractivity contribution in [1.29, 1.82) is 0 Å². The van der Waals surface area contributed by atoms with Crippen molar-refractivity contribution in [1.82, 2.24) is 10.1 Å². The highest BCUT2D eigenvalue weighted by molar-refractivity contribution is 7.08. The zero-order valence-electron chi connectivity index (χ0n) is 11.9. The van der Waals surface area contributed by atoms with Gasteiger partial charge < -0.3 is 9.26 Å². The van der Waals surface area contributed by atoms with Crippen molar-refractivity contribution in [3.05, 3.63) is 22.2 Å². The lowest BCUT2D eigenvalue weighted by atomic mass is 10.0. The van der Waals surface area contributed by atoms with Gasteiger partial charge in [-0.2, -0.15) is 16.3 Å². The summed E-state index contributed by atoms with van der Waals surface area (Å²) in [5.74, 6) is 0.0989. The molecular formula is C14H18N2O3S. The van der Waals surface area contributed by atoms with E-state index >= 15 is 0 Å². The molecule has 1 unspecified atom stereocenters. The zero-order valence-corrected chi connectivity index (χ0v) is 12.7. The Morgan fingerprint density at radius 2 is 2.25 bits per heavy atom. The van der Waals surface area contributed by atoms with Gasteiger partial charge >= 0.3 is 5.97 Å². The molecule has 0 aliphatic heterocycles. The predicted molar refractivity (Wildman–Crippen MR) is 76.6 cm³/mol. The van der Waals surface area contributed by atoms with E-state index in [0.29, 0.717) is 24.7 Å². The molecule has 0 saturated carbocycles. The molecule has 0 bridgehead atoms. The van der Waals surface area contributed by atoms with Crippen LogP contribution in [0.1, 0.15) is 44.1 Å². The van der Waals surface area contributed by atoms with Crippen LogP contribution in [0.4, 0.5) is 0 Å². The first-order chi connectivity index (χ1) is 9.67. The molecule has 2 heterocycles. The van der Waals surface area contributed by atoms with Crippen LogP contribution in [-0.2, 0) is 9.53 Å². The van der Waals surface area contributed by atoms with Crippen molar-refractivity contribution in [2.24, 2.45) is 0 Å². The summed E-state index contributed by atoms with van der Waals surface area (Å²) in [5, 5.41) is 7.98. The quantitative estimate of drug-likeness (QED) is 0.762. The fourth-order valence-electron chi connectivity index (χ4n) is 1.95. The highest BCUT2D eigenvalue weighted by Crippen LogP contribution is 2.27. The van der Waals surface area contributed by atoms with E-state index in [9.17, 15) is 4.79 Å². The van der Waals surface area contributed by atoms with Gasteiger partial charge in [0.15, 0.2) is 0 Å². The van der Waals surface area contributed by atoms with Crippen molar-refractivity contribution < 1.29 is 14.1 Å². The van der Waals surface area contributed by atoms with E-state index in [1.807, 2.05) is 24.6 Å². The number of carbonyl (C=O) groups is 1. The molecule has 108 valence electrons. The molecule has 20 heavy (non-hydrogen) atoms. The molecular weight excluding hydrogens is 276 g/mol. The zero-order chi connectivity index (χ0) is 14.5. The predicted octanol–water partition coefficient (Wildman–Crippen LogP) is 3.55. The van der Waals surface area contributed by atoms with Crippen LogP contribution in [0.2, 0.25) is 0 Å². The molecule has 0 aliphatic rings. The summed E-state index contributed by atoms with van der Waals surface area (Å²) >= 11 is 1.59. The molecule has 0 fully saturated rings. The molecule has 0 radical (unpaired) electrons.